The predicted molar refractivity (Wildman–Crippen MR) is 119 cm³/mol. The number of hydrogen-bond donors (Lipinski definition) is 1. The van der Waals surface area contributed by atoms with Gasteiger partial charge in [0.25, 0.3) is 0 Å². The van der Waals surface area contributed by atoms with Crippen LogP contribution in [0.1, 0.15) is 50.6 Å². The first-order valence-corrected chi connectivity index (χ1v) is 10.9. The minimum absolute atomic E-state index is 0.0446. The molecule has 2 rings (SSSR count). The van der Waals surface area contributed by atoms with Crippen molar-refractivity contribution in [2.45, 2.75) is 57.6 Å². The lowest BCUT2D eigenvalue weighted by atomic mass is 10.0. The fraction of sp³-hybridized carbons (Fsp3) is 0.524. The lowest BCUT2D eigenvalue weighted by molar-refractivity contribution is -0.143. The number of allylic oxidation sites excluding steroid dienone is 5. The molecule has 3 unspecified atom stereocenters. The van der Waals surface area contributed by atoms with Crippen molar-refractivity contribution in [3.63, 3.8) is 0 Å². The smallest absolute Gasteiger partial charge is 0.306 e. The van der Waals surface area contributed by atoms with Gasteiger partial charge in [0.1, 0.15) is 5.82 Å². The number of fused-ring (bicyclic) bond motifs is 1. The van der Waals surface area contributed by atoms with E-state index in [1.165, 1.54) is 0 Å². The molecule has 0 saturated carbocycles. The molecule has 1 aliphatic heterocycles. The van der Waals surface area contributed by atoms with Crippen LogP contribution in [0.4, 0.5) is 5.82 Å². The molecule has 28 heavy (non-hydrogen) atoms. The van der Waals surface area contributed by atoms with Crippen molar-refractivity contribution in [2.75, 3.05) is 11.9 Å². The number of carbonyl (C=O) groups excluding carboxylic acids is 1. The molecule has 0 fully saturated rings. The Morgan fingerprint density at radius 1 is 1.36 bits per heavy atom. The number of rotatable bonds is 6. The molecule has 1 aromatic rings. The Kier molecular flexibility index (Phi) is 8.25. The summed E-state index contributed by atoms with van der Waals surface area (Å²) in [6.07, 6.45) is 8.28. The highest BCUT2D eigenvalue weighted by Gasteiger charge is 2.35. The first kappa shape index (κ1) is 22.6. The number of esters is 1. The van der Waals surface area contributed by atoms with E-state index in [2.05, 4.69) is 23.4 Å². The molecule has 0 spiro atoms. The normalized spacial score (nSPS) is 23.3. The average molecular weight is 424 g/mol. The topological polar surface area (TPSA) is 56.1 Å². The van der Waals surface area contributed by atoms with Gasteiger partial charge in [-0.1, -0.05) is 29.8 Å². The van der Waals surface area contributed by atoms with Gasteiger partial charge in [-0.2, -0.15) is 5.10 Å². The van der Waals surface area contributed by atoms with E-state index in [1.54, 1.807) is 11.8 Å². The molecule has 3 atom stereocenters. The molecule has 7 heteroatoms. The summed E-state index contributed by atoms with van der Waals surface area (Å²) in [5.74, 6) is 0.835. The molecule has 1 N–H and O–H groups in total. The molecule has 1 aromatic heterocycles. The van der Waals surface area contributed by atoms with E-state index in [1.807, 2.05) is 57.7 Å². The van der Waals surface area contributed by atoms with Crippen molar-refractivity contribution in [1.29, 1.82) is 0 Å². The molecule has 1 aliphatic rings. The van der Waals surface area contributed by atoms with Crippen molar-refractivity contribution in [2.24, 2.45) is 7.05 Å². The summed E-state index contributed by atoms with van der Waals surface area (Å²) in [5.41, 5.74) is 3.27. The highest BCUT2D eigenvalue weighted by molar-refractivity contribution is 8.00. The standard InChI is InChI=1S/C21H30ClN3O2S/c1-7-15(10-11-16(22)8-2)20-19-14(5)24-25(6)21(19)23-13(4)17(28-20)12-18(26)27-9-3/h7-8,10-11,13,17,20,23H,9,12H2,1-6H3/b11-10-,15-7-,16-8+. The van der Waals surface area contributed by atoms with E-state index in [4.69, 9.17) is 16.3 Å². The third-order valence-electron chi connectivity index (χ3n) is 4.78. The van der Waals surface area contributed by atoms with E-state index in [0.717, 1.165) is 22.6 Å². The lowest BCUT2D eigenvalue weighted by Gasteiger charge is -2.24. The number of thioether (sulfide) groups is 1. The van der Waals surface area contributed by atoms with E-state index in [0.29, 0.717) is 18.1 Å². The van der Waals surface area contributed by atoms with Crippen LogP contribution in [-0.4, -0.2) is 33.6 Å². The maximum atomic E-state index is 12.2. The van der Waals surface area contributed by atoms with Crippen molar-refractivity contribution in [1.82, 2.24) is 9.78 Å². The third kappa shape index (κ3) is 5.23. The van der Waals surface area contributed by atoms with Gasteiger partial charge in [0.2, 0.25) is 0 Å². The fourth-order valence-electron chi connectivity index (χ4n) is 3.29. The summed E-state index contributed by atoms with van der Waals surface area (Å²) < 4.78 is 7.09. The van der Waals surface area contributed by atoms with Crippen LogP contribution in [0.5, 0.6) is 0 Å². The van der Waals surface area contributed by atoms with Gasteiger partial charge in [0, 0.05) is 28.9 Å². The predicted octanol–water partition coefficient (Wildman–Crippen LogP) is 5.28. The van der Waals surface area contributed by atoms with Crippen LogP contribution in [-0.2, 0) is 16.6 Å². The van der Waals surface area contributed by atoms with Crippen LogP contribution in [0.25, 0.3) is 0 Å². The van der Waals surface area contributed by atoms with Gasteiger partial charge in [-0.25, -0.2) is 0 Å². The van der Waals surface area contributed by atoms with Crippen molar-refractivity contribution >= 4 is 35.1 Å². The van der Waals surface area contributed by atoms with Gasteiger partial charge in [0.05, 0.1) is 24.0 Å². The number of anilines is 1. The maximum absolute atomic E-state index is 12.2. The highest BCUT2D eigenvalue weighted by Crippen LogP contribution is 2.48. The summed E-state index contributed by atoms with van der Waals surface area (Å²) >= 11 is 7.96. The second-order valence-electron chi connectivity index (χ2n) is 6.76. The quantitative estimate of drug-likeness (QED) is 0.498. The first-order chi connectivity index (χ1) is 13.3. The van der Waals surface area contributed by atoms with Gasteiger partial charge in [-0.05, 0) is 46.3 Å². The SMILES string of the molecule is C/C=C(/C=C\C(Cl)=C/C)C1SC(CC(=O)OCC)C(C)Nc2c1c(C)nn2C. The minimum atomic E-state index is -0.164. The molecular formula is C21H30ClN3O2S. The second kappa shape index (κ2) is 10.2. The van der Waals surface area contributed by atoms with Gasteiger partial charge in [-0.3, -0.25) is 9.48 Å². The molecule has 0 aliphatic carbocycles. The Labute approximate surface area is 177 Å². The van der Waals surface area contributed by atoms with Gasteiger partial charge in [0.15, 0.2) is 0 Å². The number of aryl methyl sites for hydroxylation is 2. The summed E-state index contributed by atoms with van der Waals surface area (Å²) in [6.45, 7) is 10.3. The van der Waals surface area contributed by atoms with Crippen molar-refractivity contribution < 1.29 is 9.53 Å². The van der Waals surface area contributed by atoms with E-state index >= 15 is 0 Å². The van der Waals surface area contributed by atoms with Gasteiger partial charge < -0.3 is 10.1 Å². The highest BCUT2D eigenvalue weighted by atomic mass is 35.5. The minimum Gasteiger partial charge on any atom is -0.466 e. The van der Waals surface area contributed by atoms with E-state index < -0.39 is 0 Å². The number of hydrogen-bond acceptors (Lipinski definition) is 5. The Balaban J connectivity index is 2.46. The number of halogens is 1. The third-order valence-corrected chi connectivity index (χ3v) is 6.83. The summed E-state index contributed by atoms with van der Waals surface area (Å²) in [4.78, 5) is 12.2. The summed E-state index contributed by atoms with van der Waals surface area (Å²) in [5, 5.41) is 9.00. The molecule has 2 heterocycles. The van der Waals surface area contributed by atoms with Crippen LogP contribution < -0.4 is 5.32 Å². The molecular weight excluding hydrogens is 394 g/mol. The zero-order valence-electron chi connectivity index (χ0n) is 17.5. The molecule has 0 radical (unpaired) electrons. The number of nitrogens with zero attached hydrogens (tertiary/aromatic N) is 2. The molecule has 5 nitrogen and oxygen atoms in total. The number of aromatic nitrogens is 2. The number of ether oxygens (including phenoxy) is 1. The Morgan fingerprint density at radius 2 is 2.07 bits per heavy atom. The summed E-state index contributed by atoms with van der Waals surface area (Å²) in [7, 11) is 1.95. The monoisotopic (exact) mass is 423 g/mol. The largest absolute Gasteiger partial charge is 0.466 e. The van der Waals surface area contributed by atoms with E-state index in [-0.39, 0.29) is 22.5 Å². The molecule has 0 bridgehead atoms. The lowest BCUT2D eigenvalue weighted by Crippen LogP contribution is -2.31. The van der Waals surface area contributed by atoms with Crippen LogP contribution in [0.3, 0.4) is 0 Å². The molecule has 0 saturated heterocycles. The maximum Gasteiger partial charge on any atom is 0.306 e. The molecule has 0 aromatic carbocycles. The fourth-order valence-corrected chi connectivity index (χ4v) is 5.03. The summed E-state index contributed by atoms with van der Waals surface area (Å²) in [6, 6.07) is 0.0918. The Bertz CT molecular complexity index is 798. The zero-order chi connectivity index (χ0) is 20.8. The van der Waals surface area contributed by atoms with Crippen LogP contribution in [0, 0.1) is 6.92 Å². The molecule has 154 valence electrons. The van der Waals surface area contributed by atoms with Crippen molar-refractivity contribution in [3.8, 4) is 0 Å². The van der Waals surface area contributed by atoms with Crippen LogP contribution in [0.2, 0.25) is 0 Å². The number of nitrogens with one attached hydrogen (secondary N) is 1. The Hall–Kier alpha value is -1.66. The van der Waals surface area contributed by atoms with Gasteiger partial charge >= 0.3 is 5.97 Å². The van der Waals surface area contributed by atoms with Crippen molar-refractivity contribution in [3.05, 3.63) is 46.2 Å². The van der Waals surface area contributed by atoms with Crippen LogP contribution in [0.15, 0.2) is 34.9 Å². The Morgan fingerprint density at radius 3 is 2.68 bits per heavy atom. The first-order valence-electron chi connectivity index (χ1n) is 9.59. The molecule has 0 amide bonds. The zero-order valence-corrected chi connectivity index (χ0v) is 19.0. The van der Waals surface area contributed by atoms with E-state index in [9.17, 15) is 4.79 Å². The van der Waals surface area contributed by atoms with Crippen LogP contribution >= 0.6 is 23.4 Å². The average Bonchev–Trinajstić information content (AvgIpc) is 2.83. The number of carbonyl (C=O) groups is 1. The van der Waals surface area contributed by atoms with Gasteiger partial charge in [-0.15, -0.1) is 11.8 Å². The second-order valence-corrected chi connectivity index (χ2v) is 8.55.